The van der Waals surface area contributed by atoms with E-state index in [-0.39, 0.29) is 4.90 Å². The molecule has 0 amide bonds. The Morgan fingerprint density at radius 1 is 0.931 bits per heavy atom. The van der Waals surface area contributed by atoms with Crippen LogP contribution < -0.4 is 4.83 Å². The maximum absolute atomic E-state index is 13.0. The van der Waals surface area contributed by atoms with E-state index in [0.29, 0.717) is 6.54 Å². The average molecular weight is 407 g/mol. The van der Waals surface area contributed by atoms with Crippen molar-refractivity contribution in [2.24, 2.45) is 5.10 Å². The minimum atomic E-state index is -3.86. The molecule has 7 heteroatoms. The maximum atomic E-state index is 13.0. The summed E-state index contributed by atoms with van der Waals surface area (Å²) in [7, 11) is -3.86. The van der Waals surface area contributed by atoms with Gasteiger partial charge in [-0.05, 0) is 35.9 Å². The quantitative estimate of drug-likeness (QED) is 0.386. The monoisotopic (exact) mass is 407 g/mol. The van der Waals surface area contributed by atoms with Crippen LogP contribution in [0.1, 0.15) is 11.1 Å². The first kappa shape index (κ1) is 18.9. The Morgan fingerprint density at radius 2 is 1.62 bits per heavy atom. The summed E-state index contributed by atoms with van der Waals surface area (Å²) in [5.41, 5.74) is 2.98. The highest BCUT2D eigenvalue weighted by Crippen LogP contribution is 2.21. The number of hydrogen-bond donors (Lipinski definition) is 1. The third-order valence-electron chi connectivity index (χ3n) is 4.52. The smallest absolute Gasteiger partial charge is 0.276 e. The van der Waals surface area contributed by atoms with Crippen LogP contribution in [0.15, 0.2) is 95.1 Å². The number of hydrogen-bond acceptors (Lipinski definition) is 3. The van der Waals surface area contributed by atoms with Crippen molar-refractivity contribution in [1.82, 2.24) is 9.40 Å². The van der Waals surface area contributed by atoms with Crippen molar-refractivity contribution >= 4 is 27.1 Å². The average Bonchev–Trinajstić information content (AvgIpc) is 3.07. The molecule has 29 heavy (non-hydrogen) atoms. The van der Waals surface area contributed by atoms with Gasteiger partial charge in [0.05, 0.1) is 11.1 Å². The second-order valence-electron chi connectivity index (χ2n) is 6.52. The molecule has 0 atom stereocenters. The Morgan fingerprint density at radius 3 is 2.38 bits per heavy atom. The highest BCUT2D eigenvalue weighted by atomic mass is 32.2. The summed E-state index contributed by atoms with van der Waals surface area (Å²) in [6, 6.07) is 22.5. The number of hydrazone groups is 1. The third kappa shape index (κ3) is 4.20. The van der Waals surface area contributed by atoms with Gasteiger partial charge in [-0.3, -0.25) is 0 Å². The molecule has 146 valence electrons. The van der Waals surface area contributed by atoms with Crippen LogP contribution >= 0.6 is 0 Å². The highest BCUT2D eigenvalue weighted by Gasteiger charge is 2.13. The molecule has 5 nitrogen and oxygen atoms in total. The minimum absolute atomic E-state index is 0.0532. The van der Waals surface area contributed by atoms with Crippen LogP contribution in [0.3, 0.4) is 0 Å². The summed E-state index contributed by atoms with van der Waals surface area (Å²) < 4.78 is 39.7. The molecule has 0 unspecified atom stereocenters. The fourth-order valence-corrected chi connectivity index (χ4v) is 3.91. The van der Waals surface area contributed by atoms with E-state index in [9.17, 15) is 12.8 Å². The van der Waals surface area contributed by atoms with Crippen LogP contribution in [0.4, 0.5) is 4.39 Å². The number of nitrogens with one attached hydrogen (secondary N) is 1. The summed E-state index contributed by atoms with van der Waals surface area (Å²) in [6.45, 7) is 0.691. The Balaban J connectivity index is 1.60. The summed E-state index contributed by atoms with van der Waals surface area (Å²) in [5, 5.41) is 4.88. The van der Waals surface area contributed by atoms with Crippen molar-refractivity contribution in [2.75, 3.05) is 0 Å². The lowest BCUT2D eigenvalue weighted by Crippen LogP contribution is -2.18. The summed E-state index contributed by atoms with van der Waals surface area (Å²) in [4.78, 5) is 2.12. The molecule has 1 N–H and O–H groups in total. The van der Waals surface area contributed by atoms with Gasteiger partial charge in [0, 0.05) is 29.2 Å². The summed E-state index contributed by atoms with van der Waals surface area (Å²) in [6.07, 6.45) is 3.41. The first-order valence-electron chi connectivity index (χ1n) is 8.95. The van der Waals surface area contributed by atoms with Crippen molar-refractivity contribution in [2.45, 2.75) is 11.4 Å². The lowest BCUT2D eigenvalue weighted by atomic mass is 10.2. The van der Waals surface area contributed by atoms with Gasteiger partial charge in [0.2, 0.25) is 0 Å². The van der Waals surface area contributed by atoms with Crippen LogP contribution in [-0.2, 0) is 16.6 Å². The Hall–Kier alpha value is -3.45. The molecular formula is C22H18FN3O2S. The van der Waals surface area contributed by atoms with E-state index in [0.717, 1.165) is 34.2 Å². The number of fused-ring (bicyclic) bond motifs is 1. The summed E-state index contributed by atoms with van der Waals surface area (Å²) >= 11 is 0. The van der Waals surface area contributed by atoms with Gasteiger partial charge in [0.25, 0.3) is 10.0 Å². The predicted octanol–water partition coefficient (Wildman–Crippen LogP) is 4.14. The molecule has 0 radical (unpaired) electrons. The zero-order chi connectivity index (χ0) is 20.3. The van der Waals surface area contributed by atoms with E-state index in [2.05, 4.69) is 26.6 Å². The third-order valence-corrected chi connectivity index (χ3v) is 5.75. The topological polar surface area (TPSA) is 63.5 Å². The predicted molar refractivity (Wildman–Crippen MR) is 112 cm³/mol. The van der Waals surface area contributed by atoms with Crippen LogP contribution in [-0.4, -0.2) is 19.2 Å². The van der Waals surface area contributed by atoms with Gasteiger partial charge >= 0.3 is 0 Å². The van der Waals surface area contributed by atoms with Crippen LogP contribution in [0.5, 0.6) is 0 Å². The number of nitrogens with zero attached hydrogens (tertiary/aromatic N) is 2. The number of aromatic nitrogens is 1. The molecule has 4 rings (SSSR count). The number of para-hydroxylation sites is 1. The minimum Gasteiger partial charge on any atom is -0.342 e. The lowest BCUT2D eigenvalue weighted by Gasteiger charge is -2.05. The SMILES string of the molecule is O=S(=O)(NN=Cc1cn(Cc2ccccc2)c2ccccc12)c1ccc(F)cc1. The van der Waals surface area contributed by atoms with Gasteiger partial charge in [-0.2, -0.15) is 13.5 Å². The molecule has 0 fully saturated rings. The number of halogens is 1. The molecule has 4 aromatic rings. The molecule has 0 aliphatic heterocycles. The number of benzene rings is 3. The normalized spacial score (nSPS) is 11.9. The van der Waals surface area contributed by atoms with Crippen molar-refractivity contribution in [3.05, 3.63) is 102 Å². The van der Waals surface area contributed by atoms with Crippen molar-refractivity contribution in [3.8, 4) is 0 Å². The zero-order valence-corrected chi connectivity index (χ0v) is 16.2. The summed E-state index contributed by atoms with van der Waals surface area (Å²) in [5.74, 6) is -0.501. The molecular weight excluding hydrogens is 389 g/mol. The number of rotatable bonds is 6. The van der Waals surface area contributed by atoms with E-state index in [1.807, 2.05) is 48.7 Å². The number of sulfonamides is 1. The van der Waals surface area contributed by atoms with Gasteiger partial charge in [-0.15, -0.1) is 0 Å². The van der Waals surface area contributed by atoms with Crippen molar-refractivity contribution in [3.63, 3.8) is 0 Å². The molecule has 0 aliphatic rings. The maximum Gasteiger partial charge on any atom is 0.276 e. The molecule has 0 bridgehead atoms. The Kier molecular flexibility index (Phi) is 5.14. The van der Waals surface area contributed by atoms with Gasteiger partial charge in [0.15, 0.2) is 0 Å². The molecule has 0 spiro atoms. The zero-order valence-electron chi connectivity index (χ0n) is 15.4. The first-order chi connectivity index (χ1) is 14.0. The molecule has 0 saturated carbocycles. The van der Waals surface area contributed by atoms with Crippen LogP contribution in [0, 0.1) is 5.82 Å². The molecule has 3 aromatic carbocycles. The van der Waals surface area contributed by atoms with Gasteiger partial charge < -0.3 is 4.57 Å². The first-order valence-corrected chi connectivity index (χ1v) is 10.4. The molecule has 1 heterocycles. The second-order valence-corrected chi connectivity index (χ2v) is 8.18. The fraction of sp³-hybridized carbons (Fsp3) is 0.0455. The largest absolute Gasteiger partial charge is 0.342 e. The van der Waals surface area contributed by atoms with Crippen molar-refractivity contribution < 1.29 is 12.8 Å². The van der Waals surface area contributed by atoms with E-state index in [1.54, 1.807) is 0 Å². The Bertz CT molecular complexity index is 1260. The van der Waals surface area contributed by atoms with Gasteiger partial charge in [-0.1, -0.05) is 48.5 Å². The fourth-order valence-electron chi connectivity index (χ4n) is 3.12. The van der Waals surface area contributed by atoms with E-state index >= 15 is 0 Å². The second kappa shape index (κ2) is 7.89. The van der Waals surface area contributed by atoms with Crippen LogP contribution in [0.25, 0.3) is 10.9 Å². The standard InChI is InChI=1S/C22H18FN3O2S/c23-19-10-12-20(13-11-19)29(27,28)25-24-14-18-16-26(15-17-6-2-1-3-7-17)22-9-5-4-8-21(18)22/h1-14,16,25H,15H2. The van der Waals surface area contributed by atoms with E-state index in [1.165, 1.54) is 18.3 Å². The van der Waals surface area contributed by atoms with E-state index < -0.39 is 15.8 Å². The Labute approximate surface area is 168 Å². The van der Waals surface area contributed by atoms with Gasteiger partial charge in [0.1, 0.15) is 5.82 Å². The van der Waals surface area contributed by atoms with Crippen molar-refractivity contribution in [1.29, 1.82) is 0 Å². The lowest BCUT2D eigenvalue weighted by molar-refractivity contribution is 0.583. The van der Waals surface area contributed by atoms with Gasteiger partial charge in [-0.25, -0.2) is 9.22 Å². The molecule has 0 aliphatic carbocycles. The highest BCUT2D eigenvalue weighted by molar-refractivity contribution is 7.89. The molecule has 1 aromatic heterocycles. The van der Waals surface area contributed by atoms with Crippen LogP contribution in [0.2, 0.25) is 0 Å². The van der Waals surface area contributed by atoms with E-state index in [4.69, 9.17) is 0 Å². The molecule has 0 saturated heterocycles.